The molecule has 1 N–H and O–H groups in total. The van der Waals surface area contributed by atoms with Crippen molar-refractivity contribution >= 4 is 10.8 Å². The SMILES string of the molecule is CCC(C)S(=O)CC(NC)C12CC3CC(CC(C3)C1)C2. The van der Waals surface area contributed by atoms with Crippen LogP contribution in [-0.4, -0.2) is 28.3 Å². The lowest BCUT2D eigenvalue weighted by molar-refractivity contribution is -0.0683. The predicted octanol–water partition coefficient (Wildman–Crippen LogP) is 3.34. The first-order chi connectivity index (χ1) is 9.56. The van der Waals surface area contributed by atoms with E-state index < -0.39 is 10.8 Å². The molecule has 0 aromatic carbocycles. The normalized spacial score (nSPS) is 43.5. The Balaban J connectivity index is 1.74. The highest BCUT2D eigenvalue weighted by Gasteiger charge is 2.54. The molecule has 4 bridgehead atoms. The molecule has 3 heteroatoms. The molecular weight excluding hydrogens is 266 g/mol. The van der Waals surface area contributed by atoms with Gasteiger partial charge in [0.05, 0.1) is 0 Å². The second-order valence-electron chi connectivity index (χ2n) is 7.89. The van der Waals surface area contributed by atoms with Gasteiger partial charge in [-0.05, 0) is 75.2 Å². The van der Waals surface area contributed by atoms with Gasteiger partial charge >= 0.3 is 0 Å². The smallest absolute Gasteiger partial charge is 0.0396 e. The minimum atomic E-state index is -0.670. The zero-order chi connectivity index (χ0) is 14.3. The summed E-state index contributed by atoms with van der Waals surface area (Å²) in [6.07, 6.45) is 9.72. The summed E-state index contributed by atoms with van der Waals surface area (Å²) in [7, 11) is 1.42. The van der Waals surface area contributed by atoms with Crippen molar-refractivity contribution in [3.05, 3.63) is 0 Å². The van der Waals surface area contributed by atoms with Crippen molar-refractivity contribution in [2.45, 2.75) is 70.1 Å². The van der Waals surface area contributed by atoms with Gasteiger partial charge in [0, 0.05) is 27.8 Å². The van der Waals surface area contributed by atoms with Crippen molar-refractivity contribution in [1.29, 1.82) is 0 Å². The molecular formula is C17H31NOS. The second kappa shape index (κ2) is 5.72. The van der Waals surface area contributed by atoms with E-state index in [9.17, 15) is 4.21 Å². The molecule has 4 fully saturated rings. The molecule has 0 aromatic rings. The van der Waals surface area contributed by atoms with Crippen LogP contribution in [0.15, 0.2) is 0 Å². The Kier molecular flexibility index (Phi) is 4.29. The van der Waals surface area contributed by atoms with Crippen molar-refractivity contribution < 1.29 is 4.21 Å². The van der Waals surface area contributed by atoms with Crippen molar-refractivity contribution in [2.24, 2.45) is 23.2 Å². The van der Waals surface area contributed by atoms with Crippen LogP contribution in [0.25, 0.3) is 0 Å². The van der Waals surface area contributed by atoms with Crippen LogP contribution in [0.4, 0.5) is 0 Å². The van der Waals surface area contributed by atoms with Crippen LogP contribution >= 0.6 is 0 Å². The van der Waals surface area contributed by atoms with Crippen LogP contribution in [0.2, 0.25) is 0 Å². The zero-order valence-electron chi connectivity index (χ0n) is 13.4. The van der Waals surface area contributed by atoms with Crippen molar-refractivity contribution in [3.63, 3.8) is 0 Å². The first-order valence-corrected chi connectivity index (χ1v) is 9.99. The molecule has 0 radical (unpaired) electrons. The summed E-state index contributed by atoms with van der Waals surface area (Å²) in [6, 6.07) is 0.478. The highest BCUT2D eigenvalue weighted by Crippen LogP contribution is 2.61. The fourth-order valence-electron chi connectivity index (χ4n) is 5.69. The van der Waals surface area contributed by atoms with E-state index in [2.05, 4.69) is 26.2 Å². The molecule has 0 amide bonds. The van der Waals surface area contributed by atoms with E-state index in [-0.39, 0.29) is 0 Å². The second-order valence-corrected chi connectivity index (χ2v) is 9.79. The Morgan fingerprint density at radius 3 is 2.05 bits per heavy atom. The molecule has 0 spiro atoms. The Bertz CT molecular complexity index is 346. The molecule has 0 aromatic heterocycles. The summed E-state index contributed by atoms with van der Waals surface area (Å²) in [5, 5.41) is 3.92. The highest BCUT2D eigenvalue weighted by molar-refractivity contribution is 7.85. The molecule has 20 heavy (non-hydrogen) atoms. The standard InChI is InChI=1S/C17H31NOS/c1-4-12(2)20(19)11-16(18-3)17-8-13-5-14(9-17)7-15(6-13)10-17/h12-16,18H,4-11H2,1-3H3. The van der Waals surface area contributed by atoms with Gasteiger partial charge in [-0.2, -0.15) is 0 Å². The lowest BCUT2D eigenvalue weighted by atomic mass is 9.48. The van der Waals surface area contributed by atoms with E-state index in [4.69, 9.17) is 0 Å². The summed E-state index contributed by atoms with van der Waals surface area (Å²) in [4.78, 5) is 0. The lowest BCUT2D eigenvalue weighted by Gasteiger charge is -2.59. The van der Waals surface area contributed by atoms with Gasteiger partial charge < -0.3 is 5.32 Å². The Labute approximate surface area is 126 Å². The minimum absolute atomic E-state index is 0.347. The average Bonchev–Trinajstić information content (AvgIpc) is 2.41. The number of nitrogens with one attached hydrogen (secondary N) is 1. The Morgan fingerprint density at radius 1 is 1.15 bits per heavy atom. The van der Waals surface area contributed by atoms with Gasteiger partial charge in [-0.15, -0.1) is 0 Å². The summed E-state index contributed by atoms with van der Waals surface area (Å²) in [5.74, 6) is 3.81. The highest BCUT2D eigenvalue weighted by atomic mass is 32.2. The van der Waals surface area contributed by atoms with Crippen LogP contribution in [0, 0.1) is 23.2 Å². The molecule has 4 aliphatic carbocycles. The number of rotatable bonds is 6. The Morgan fingerprint density at radius 2 is 1.65 bits per heavy atom. The maximum atomic E-state index is 12.5. The molecule has 2 nitrogen and oxygen atoms in total. The fourth-order valence-corrected chi connectivity index (χ4v) is 7.23. The molecule has 4 rings (SSSR count). The topological polar surface area (TPSA) is 29.1 Å². The molecule has 116 valence electrons. The van der Waals surface area contributed by atoms with E-state index in [0.717, 1.165) is 29.9 Å². The van der Waals surface area contributed by atoms with Gasteiger partial charge in [0.1, 0.15) is 0 Å². The number of hydrogen-bond donors (Lipinski definition) is 1. The largest absolute Gasteiger partial charge is 0.316 e. The summed E-state index contributed by atoms with van der Waals surface area (Å²) < 4.78 is 12.5. The van der Waals surface area contributed by atoms with Gasteiger partial charge in [-0.25, -0.2) is 0 Å². The summed E-state index contributed by atoms with van der Waals surface area (Å²) in [5.41, 5.74) is 0.479. The molecule has 4 saturated carbocycles. The van der Waals surface area contributed by atoms with Crippen LogP contribution in [0.3, 0.4) is 0 Å². The first-order valence-electron chi connectivity index (χ1n) is 8.60. The maximum absolute atomic E-state index is 12.5. The van der Waals surface area contributed by atoms with E-state index >= 15 is 0 Å². The van der Waals surface area contributed by atoms with Crippen molar-refractivity contribution in [2.75, 3.05) is 12.8 Å². The van der Waals surface area contributed by atoms with E-state index in [1.807, 2.05) is 0 Å². The van der Waals surface area contributed by atoms with E-state index in [1.54, 1.807) is 0 Å². The monoisotopic (exact) mass is 297 g/mol. The van der Waals surface area contributed by atoms with Crippen LogP contribution in [-0.2, 0) is 10.8 Å². The third kappa shape index (κ3) is 2.61. The minimum Gasteiger partial charge on any atom is -0.316 e. The molecule has 0 heterocycles. The van der Waals surface area contributed by atoms with Crippen LogP contribution < -0.4 is 5.32 Å². The Hall–Kier alpha value is 0.110. The average molecular weight is 298 g/mol. The van der Waals surface area contributed by atoms with Gasteiger partial charge in [-0.3, -0.25) is 4.21 Å². The molecule has 0 saturated heterocycles. The molecule has 4 aliphatic rings. The first kappa shape index (κ1) is 15.0. The van der Waals surface area contributed by atoms with Crippen molar-refractivity contribution in [3.8, 4) is 0 Å². The van der Waals surface area contributed by atoms with E-state index in [0.29, 0.717) is 16.7 Å². The van der Waals surface area contributed by atoms with Crippen molar-refractivity contribution in [1.82, 2.24) is 5.32 Å². The lowest BCUT2D eigenvalue weighted by Crippen LogP contribution is -2.57. The zero-order valence-corrected chi connectivity index (χ0v) is 14.2. The predicted molar refractivity (Wildman–Crippen MR) is 86.2 cm³/mol. The van der Waals surface area contributed by atoms with Crippen LogP contribution in [0.1, 0.15) is 58.8 Å². The molecule has 0 aliphatic heterocycles. The molecule has 3 atom stereocenters. The van der Waals surface area contributed by atoms with Gasteiger partial charge in [0.2, 0.25) is 0 Å². The number of hydrogen-bond acceptors (Lipinski definition) is 2. The van der Waals surface area contributed by atoms with Crippen LogP contribution in [0.5, 0.6) is 0 Å². The molecule has 3 unspecified atom stereocenters. The third-order valence-electron chi connectivity index (χ3n) is 6.53. The van der Waals surface area contributed by atoms with E-state index in [1.165, 1.54) is 38.5 Å². The summed E-state index contributed by atoms with van der Waals surface area (Å²) in [6.45, 7) is 4.30. The summed E-state index contributed by atoms with van der Waals surface area (Å²) >= 11 is 0. The quantitative estimate of drug-likeness (QED) is 0.814. The van der Waals surface area contributed by atoms with Gasteiger partial charge in [0.25, 0.3) is 0 Å². The van der Waals surface area contributed by atoms with Gasteiger partial charge in [0.15, 0.2) is 0 Å². The van der Waals surface area contributed by atoms with Gasteiger partial charge in [-0.1, -0.05) is 13.8 Å². The third-order valence-corrected chi connectivity index (χ3v) is 8.42. The maximum Gasteiger partial charge on any atom is 0.0396 e. The fraction of sp³-hybridized carbons (Fsp3) is 1.00.